The summed E-state index contributed by atoms with van der Waals surface area (Å²) in [5, 5.41) is 0.796. The SMILES string of the molecule is CCCCn1c(=O)[nH]c(=O)c2c1nc(COC(=O)c1c(-n3cccc3)sc(C)c1C)n2C. The average molecular weight is 456 g/mol. The van der Waals surface area contributed by atoms with E-state index in [9.17, 15) is 14.4 Å². The van der Waals surface area contributed by atoms with Crippen LogP contribution in [0.15, 0.2) is 34.1 Å². The van der Waals surface area contributed by atoms with Gasteiger partial charge in [0.1, 0.15) is 17.4 Å². The van der Waals surface area contributed by atoms with Crippen molar-refractivity contribution in [3.05, 3.63) is 67.2 Å². The lowest BCUT2D eigenvalue weighted by Crippen LogP contribution is -2.31. The van der Waals surface area contributed by atoms with Gasteiger partial charge in [-0.2, -0.15) is 0 Å². The zero-order chi connectivity index (χ0) is 23.0. The molecule has 0 aliphatic carbocycles. The number of carbonyl (C=O) groups excluding carboxylic acids is 1. The van der Waals surface area contributed by atoms with Gasteiger partial charge in [-0.05, 0) is 38.0 Å². The predicted molar refractivity (Wildman–Crippen MR) is 123 cm³/mol. The molecule has 0 spiro atoms. The summed E-state index contributed by atoms with van der Waals surface area (Å²) in [6.07, 6.45) is 5.44. The van der Waals surface area contributed by atoms with Crippen molar-refractivity contribution in [2.75, 3.05) is 0 Å². The summed E-state index contributed by atoms with van der Waals surface area (Å²) < 4.78 is 10.5. The monoisotopic (exact) mass is 455 g/mol. The summed E-state index contributed by atoms with van der Waals surface area (Å²) >= 11 is 1.53. The van der Waals surface area contributed by atoms with E-state index in [0.717, 1.165) is 28.3 Å². The van der Waals surface area contributed by atoms with Crippen LogP contribution >= 0.6 is 11.3 Å². The van der Waals surface area contributed by atoms with E-state index in [0.29, 0.717) is 23.6 Å². The Morgan fingerprint density at radius 2 is 1.94 bits per heavy atom. The molecule has 0 aromatic carbocycles. The van der Waals surface area contributed by atoms with E-state index in [1.54, 1.807) is 11.6 Å². The maximum atomic E-state index is 13.0. The molecule has 0 atom stereocenters. The number of ether oxygens (including phenoxy) is 1. The molecule has 0 aliphatic heterocycles. The molecule has 0 saturated heterocycles. The Morgan fingerprint density at radius 3 is 2.62 bits per heavy atom. The summed E-state index contributed by atoms with van der Waals surface area (Å²) in [5.74, 6) is -0.0679. The van der Waals surface area contributed by atoms with E-state index >= 15 is 0 Å². The van der Waals surface area contributed by atoms with Gasteiger partial charge in [-0.25, -0.2) is 14.6 Å². The number of aryl methyl sites for hydroxylation is 3. The fourth-order valence-corrected chi connectivity index (χ4v) is 4.76. The zero-order valence-electron chi connectivity index (χ0n) is 18.5. The molecule has 0 radical (unpaired) electrons. The van der Waals surface area contributed by atoms with E-state index in [1.807, 2.05) is 49.9 Å². The lowest BCUT2D eigenvalue weighted by atomic mass is 10.1. The second-order valence-corrected chi connectivity index (χ2v) is 8.86. The van der Waals surface area contributed by atoms with Crippen LogP contribution in [0, 0.1) is 13.8 Å². The van der Waals surface area contributed by atoms with Crippen LogP contribution in [0.4, 0.5) is 0 Å². The summed E-state index contributed by atoms with van der Waals surface area (Å²) in [6.45, 7) is 6.22. The molecule has 10 heteroatoms. The quantitative estimate of drug-likeness (QED) is 0.432. The van der Waals surface area contributed by atoms with Crippen molar-refractivity contribution in [2.45, 2.75) is 46.8 Å². The van der Waals surface area contributed by atoms with Crippen LogP contribution in [-0.4, -0.2) is 29.6 Å². The molecule has 32 heavy (non-hydrogen) atoms. The van der Waals surface area contributed by atoms with Gasteiger partial charge in [-0.15, -0.1) is 11.3 Å². The van der Waals surface area contributed by atoms with E-state index < -0.39 is 17.2 Å². The van der Waals surface area contributed by atoms with E-state index in [2.05, 4.69) is 9.97 Å². The minimum atomic E-state index is -0.510. The largest absolute Gasteiger partial charge is 0.454 e. The molecular weight excluding hydrogens is 430 g/mol. The number of aromatic amines is 1. The van der Waals surface area contributed by atoms with Crippen LogP contribution in [-0.2, 0) is 24.9 Å². The first kappa shape index (κ1) is 21.8. The molecule has 4 rings (SSSR count). The van der Waals surface area contributed by atoms with Gasteiger partial charge in [0, 0.05) is 30.9 Å². The Balaban J connectivity index is 1.67. The Labute approximate surface area is 187 Å². The van der Waals surface area contributed by atoms with Gasteiger partial charge in [0.2, 0.25) is 0 Å². The molecule has 0 saturated carbocycles. The zero-order valence-corrected chi connectivity index (χ0v) is 19.3. The van der Waals surface area contributed by atoms with Crippen LogP contribution in [0.1, 0.15) is 46.4 Å². The Kier molecular flexibility index (Phi) is 5.88. The molecule has 1 N–H and O–H groups in total. The number of rotatable bonds is 7. The highest BCUT2D eigenvalue weighted by molar-refractivity contribution is 7.15. The number of unbranched alkanes of at least 4 members (excludes halogenated alkanes) is 1. The number of nitrogens with one attached hydrogen (secondary N) is 1. The molecule has 4 aromatic heterocycles. The second-order valence-electron chi connectivity index (χ2n) is 7.65. The van der Waals surface area contributed by atoms with Crippen molar-refractivity contribution < 1.29 is 9.53 Å². The molecule has 9 nitrogen and oxygen atoms in total. The van der Waals surface area contributed by atoms with Crippen molar-refractivity contribution in [3.8, 4) is 5.00 Å². The normalized spacial score (nSPS) is 11.4. The van der Waals surface area contributed by atoms with Crippen molar-refractivity contribution in [3.63, 3.8) is 0 Å². The van der Waals surface area contributed by atoms with Gasteiger partial charge in [0.25, 0.3) is 5.56 Å². The smallest absolute Gasteiger partial charge is 0.341 e. The predicted octanol–water partition coefficient (Wildman–Crippen LogP) is 3.05. The van der Waals surface area contributed by atoms with Gasteiger partial charge in [0.15, 0.2) is 11.2 Å². The van der Waals surface area contributed by atoms with E-state index in [1.165, 1.54) is 15.9 Å². The number of thiophene rings is 1. The van der Waals surface area contributed by atoms with Crippen molar-refractivity contribution in [2.24, 2.45) is 7.05 Å². The Bertz CT molecular complexity index is 1400. The minimum Gasteiger partial charge on any atom is -0.454 e. The topological polar surface area (TPSA) is 104 Å². The standard InChI is InChI=1S/C22H25N5O4S/c1-5-6-11-27-18-17(19(28)24-22(27)30)25(4)15(23-18)12-31-21(29)16-13(2)14(3)32-20(16)26-9-7-8-10-26/h7-10H,5-6,11-12H2,1-4H3,(H,24,28,30). The fraction of sp³-hybridized carbons (Fsp3) is 0.364. The third-order valence-electron chi connectivity index (χ3n) is 5.58. The minimum absolute atomic E-state index is 0.120. The first-order valence-corrected chi connectivity index (χ1v) is 11.2. The van der Waals surface area contributed by atoms with Gasteiger partial charge in [-0.1, -0.05) is 13.3 Å². The Hall–Kier alpha value is -3.40. The number of imidazole rings is 1. The maximum absolute atomic E-state index is 13.0. The van der Waals surface area contributed by atoms with E-state index in [-0.39, 0.29) is 12.1 Å². The number of nitrogens with zero attached hydrogens (tertiary/aromatic N) is 4. The highest BCUT2D eigenvalue weighted by atomic mass is 32.1. The summed E-state index contributed by atoms with van der Waals surface area (Å²) in [4.78, 5) is 45.6. The van der Waals surface area contributed by atoms with Gasteiger partial charge < -0.3 is 13.9 Å². The van der Waals surface area contributed by atoms with Crippen molar-refractivity contribution in [1.82, 2.24) is 23.7 Å². The molecule has 168 valence electrons. The first-order valence-electron chi connectivity index (χ1n) is 10.4. The lowest BCUT2D eigenvalue weighted by molar-refractivity contribution is 0.0459. The summed E-state index contributed by atoms with van der Waals surface area (Å²) in [6, 6.07) is 3.79. The maximum Gasteiger partial charge on any atom is 0.341 e. The van der Waals surface area contributed by atoms with Gasteiger partial charge >= 0.3 is 11.7 Å². The molecule has 4 aromatic rings. The number of aromatic nitrogens is 5. The summed E-state index contributed by atoms with van der Waals surface area (Å²) in [7, 11) is 1.67. The van der Waals surface area contributed by atoms with E-state index in [4.69, 9.17) is 4.74 Å². The first-order chi connectivity index (χ1) is 15.3. The molecule has 0 unspecified atom stereocenters. The molecule has 4 heterocycles. The number of H-pyrrole nitrogens is 1. The van der Waals surface area contributed by atoms with Crippen LogP contribution < -0.4 is 11.2 Å². The third kappa shape index (κ3) is 3.70. The Morgan fingerprint density at radius 1 is 1.22 bits per heavy atom. The van der Waals surface area contributed by atoms with Crippen LogP contribution in [0.3, 0.4) is 0 Å². The summed E-state index contributed by atoms with van der Waals surface area (Å²) in [5.41, 5.74) is 0.972. The molecular formula is C22H25N5O4S. The van der Waals surface area contributed by atoms with Crippen molar-refractivity contribution in [1.29, 1.82) is 0 Å². The third-order valence-corrected chi connectivity index (χ3v) is 6.80. The fourth-order valence-electron chi connectivity index (χ4n) is 3.65. The highest BCUT2D eigenvalue weighted by Crippen LogP contribution is 2.31. The highest BCUT2D eigenvalue weighted by Gasteiger charge is 2.23. The number of hydrogen-bond acceptors (Lipinski definition) is 6. The van der Waals surface area contributed by atoms with Gasteiger partial charge in [-0.3, -0.25) is 14.3 Å². The van der Waals surface area contributed by atoms with Crippen LogP contribution in [0.5, 0.6) is 0 Å². The lowest BCUT2D eigenvalue weighted by Gasteiger charge is -2.08. The average Bonchev–Trinajstić information content (AvgIpc) is 3.46. The van der Waals surface area contributed by atoms with Crippen LogP contribution in [0.25, 0.3) is 16.2 Å². The number of carbonyl (C=O) groups is 1. The number of fused-ring (bicyclic) bond motifs is 1. The number of esters is 1. The molecule has 0 fully saturated rings. The molecule has 0 bridgehead atoms. The molecule has 0 aliphatic rings. The van der Waals surface area contributed by atoms with Crippen LogP contribution in [0.2, 0.25) is 0 Å². The molecule has 0 amide bonds. The van der Waals surface area contributed by atoms with Crippen molar-refractivity contribution >= 4 is 28.5 Å². The number of hydrogen-bond donors (Lipinski definition) is 1. The van der Waals surface area contributed by atoms with Gasteiger partial charge in [0.05, 0.1) is 5.56 Å². The second kappa shape index (κ2) is 8.62.